The number of halogens is 3. The summed E-state index contributed by atoms with van der Waals surface area (Å²) in [6.45, 7) is 0. The highest BCUT2D eigenvalue weighted by Gasteiger charge is 2.26. The van der Waals surface area contributed by atoms with Gasteiger partial charge in [-0.2, -0.15) is 0 Å². The number of hydrogen-bond donors (Lipinski definition) is 0. The fraction of sp³-hybridized carbons (Fsp3) is 0.455. The molecule has 0 heterocycles. The molecule has 1 aromatic rings. The molecule has 0 N–H and O–H groups in total. The van der Waals surface area contributed by atoms with Crippen molar-refractivity contribution in [1.29, 1.82) is 0 Å². The molecular weight excluding hydrogens is 266 g/mol. The van der Waals surface area contributed by atoms with E-state index in [1.807, 2.05) is 12.1 Å². The number of alkyl halides is 1. The Morgan fingerprint density at radius 2 is 2.14 bits per heavy atom. The van der Waals surface area contributed by atoms with Gasteiger partial charge in [-0.05, 0) is 52.7 Å². The summed E-state index contributed by atoms with van der Waals surface area (Å²) in [6.07, 6.45) is 2.90. The third kappa shape index (κ3) is 1.96. The number of benzene rings is 1. The van der Waals surface area contributed by atoms with Crippen molar-refractivity contribution in [2.45, 2.75) is 30.6 Å². The standard InChI is InChI=1S/C11H11BrClF/c12-10-3-1-2-9(11(10)14)7-4-5-8(13)6-7/h1-3,7-8H,4-6H2. The molecule has 2 unspecified atom stereocenters. The maximum Gasteiger partial charge on any atom is 0.140 e. The summed E-state index contributed by atoms with van der Waals surface area (Å²) in [5.74, 6) is 0.179. The minimum atomic E-state index is -0.122. The van der Waals surface area contributed by atoms with Gasteiger partial charge in [-0.25, -0.2) is 4.39 Å². The zero-order valence-corrected chi connectivity index (χ0v) is 9.98. The Balaban J connectivity index is 2.28. The van der Waals surface area contributed by atoms with Crippen LogP contribution in [-0.4, -0.2) is 5.38 Å². The monoisotopic (exact) mass is 276 g/mol. The van der Waals surface area contributed by atoms with Crippen LogP contribution in [0.3, 0.4) is 0 Å². The fourth-order valence-corrected chi connectivity index (χ4v) is 2.77. The largest absolute Gasteiger partial charge is 0.205 e. The quantitative estimate of drug-likeness (QED) is 0.665. The first-order chi connectivity index (χ1) is 6.68. The lowest BCUT2D eigenvalue weighted by Crippen LogP contribution is -1.98. The molecule has 2 rings (SSSR count). The van der Waals surface area contributed by atoms with E-state index in [1.54, 1.807) is 6.07 Å². The molecule has 1 aromatic carbocycles. The molecule has 1 aliphatic carbocycles. The highest BCUT2D eigenvalue weighted by atomic mass is 79.9. The van der Waals surface area contributed by atoms with Gasteiger partial charge in [-0.1, -0.05) is 12.1 Å². The van der Waals surface area contributed by atoms with E-state index < -0.39 is 0 Å². The lowest BCUT2D eigenvalue weighted by Gasteiger charge is -2.11. The average Bonchev–Trinajstić information content (AvgIpc) is 2.57. The molecule has 1 saturated carbocycles. The van der Waals surface area contributed by atoms with E-state index in [9.17, 15) is 4.39 Å². The normalized spacial score (nSPS) is 26.8. The summed E-state index contributed by atoms with van der Waals surface area (Å²) in [6, 6.07) is 5.47. The molecule has 0 saturated heterocycles. The smallest absolute Gasteiger partial charge is 0.140 e. The van der Waals surface area contributed by atoms with Crippen molar-refractivity contribution in [2.24, 2.45) is 0 Å². The van der Waals surface area contributed by atoms with Gasteiger partial charge in [-0.15, -0.1) is 11.6 Å². The Kier molecular flexibility index (Phi) is 3.13. The van der Waals surface area contributed by atoms with Crippen molar-refractivity contribution in [3.63, 3.8) is 0 Å². The molecule has 14 heavy (non-hydrogen) atoms. The molecule has 3 heteroatoms. The molecule has 1 fully saturated rings. The predicted octanol–water partition coefficient (Wildman–Crippen LogP) is 4.46. The van der Waals surface area contributed by atoms with E-state index in [2.05, 4.69) is 15.9 Å². The third-order valence-electron chi connectivity index (χ3n) is 2.79. The lowest BCUT2D eigenvalue weighted by molar-refractivity contribution is 0.575. The SMILES string of the molecule is Fc1c(Br)cccc1C1CCC(Cl)C1. The summed E-state index contributed by atoms with van der Waals surface area (Å²) in [5, 5.41) is 0.221. The molecule has 0 spiro atoms. The van der Waals surface area contributed by atoms with E-state index in [1.165, 1.54) is 0 Å². The van der Waals surface area contributed by atoms with Crippen LogP contribution in [0.25, 0.3) is 0 Å². The molecule has 0 bridgehead atoms. The molecule has 0 radical (unpaired) electrons. The Morgan fingerprint density at radius 1 is 1.36 bits per heavy atom. The maximum atomic E-state index is 13.7. The summed E-state index contributed by atoms with van der Waals surface area (Å²) < 4.78 is 14.2. The molecule has 76 valence electrons. The van der Waals surface area contributed by atoms with Crippen molar-refractivity contribution in [1.82, 2.24) is 0 Å². The summed E-state index contributed by atoms with van der Waals surface area (Å²) >= 11 is 9.22. The van der Waals surface area contributed by atoms with Crippen molar-refractivity contribution in [2.75, 3.05) is 0 Å². The lowest BCUT2D eigenvalue weighted by atomic mass is 9.97. The zero-order chi connectivity index (χ0) is 10.1. The van der Waals surface area contributed by atoms with Gasteiger partial charge < -0.3 is 0 Å². The van der Waals surface area contributed by atoms with Crippen LogP contribution in [0.5, 0.6) is 0 Å². The van der Waals surface area contributed by atoms with Crippen LogP contribution in [0.15, 0.2) is 22.7 Å². The number of hydrogen-bond acceptors (Lipinski definition) is 0. The van der Waals surface area contributed by atoms with Gasteiger partial charge in [0.1, 0.15) is 5.82 Å². The first-order valence-corrected chi connectivity index (χ1v) is 5.99. The molecule has 0 nitrogen and oxygen atoms in total. The molecule has 1 aliphatic rings. The second kappa shape index (κ2) is 4.19. The highest BCUT2D eigenvalue weighted by molar-refractivity contribution is 9.10. The Hall–Kier alpha value is -0.0800. The van der Waals surface area contributed by atoms with Gasteiger partial charge >= 0.3 is 0 Å². The van der Waals surface area contributed by atoms with Gasteiger partial charge in [0.15, 0.2) is 0 Å². The van der Waals surface area contributed by atoms with Crippen molar-refractivity contribution >= 4 is 27.5 Å². The zero-order valence-electron chi connectivity index (χ0n) is 7.64. The van der Waals surface area contributed by atoms with Crippen molar-refractivity contribution in [3.8, 4) is 0 Å². The highest BCUT2D eigenvalue weighted by Crippen LogP contribution is 2.39. The van der Waals surface area contributed by atoms with Crippen LogP contribution in [-0.2, 0) is 0 Å². The first kappa shape index (κ1) is 10.4. The minimum Gasteiger partial charge on any atom is -0.205 e. The fourth-order valence-electron chi connectivity index (χ4n) is 2.04. The Bertz CT molecular complexity index is 340. The van der Waals surface area contributed by atoms with E-state index >= 15 is 0 Å². The summed E-state index contributed by atoms with van der Waals surface area (Å²) in [7, 11) is 0. The van der Waals surface area contributed by atoms with Gasteiger partial charge in [-0.3, -0.25) is 0 Å². The first-order valence-electron chi connectivity index (χ1n) is 4.76. The Labute approximate surface area is 96.6 Å². The van der Waals surface area contributed by atoms with Crippen LogP contribution in [0.1, 0.15) is 30.7 Å². The minimum absolute atomic E-state index is 0.122. The van der Waals surface area contributed by atoms with Crippen LogP contribution in [0, 0.1) is 5.82 Å². The van der Waals surface area contributed by atoms with Crippen LogP contribution in [0.2, 0.25) is 0 Å². The predicted molar refractivity (Wildman–Crippen MR) is 60.3 cm³/mol. The molecule has 0 aliphatic heterocycles. The van der Waals surface area contributed by atoms with E-state index in [0.29, 0.717) is 10.4 Å². The van der Waals surface area contributed by atoms with Crippen molar-refractivity contribution in [3.05, 3.63) is 34.1 Å². The van der Waals surface area contributed by atoms with Gasteiger partial charge in [0.05, 0.1) is 4.47 Å². The van der Waals surface area contributed by atoms with Crippen molar-refractivity contribution < 1.29 is 4.39 Å². The molecule has 0 aromatic heterocycles. The summed E-state index contributed by atoms with van der Waals surface area (Å²) in [4.78, 5) is 0. The third-order valence-corrected chi connectivity index (χ3v) is 3.80. The maximum absolute atomic E-state index is 13.7. The second-order valence-corrected chi connectivity index (χ2v) is 5.22. The van der Waals surface area contributed by atoms with Gasteiger partial charge in [0.25, 0.3) is 0 Å². The van der Waals surface area contributed by atoms with Crippen LogP contribution < -0.4 is 0 Å². The topological polar surface area (TPSA) is 0 Å². The number of rotatable bonds is 1. The second-order valence-electron chi connectivity index (χ2n) is 3.75. The molecular formula is C11H11BrClF. The Morgan fingerprint density at radius 3 is 2.79 bits per heavy atom. The summed E-state index contributed by atoms with van der Waals surface area (Å²) in [5.41, 5.74) is 0.808. The van der Waals surface area contributed by atoms with Gasteiger partial charge in [0.2, 0.25) is 0 Å². The van der Waals surface area contributed by atoms with E-state index in [-0.39, 0.29) is 11.2 Å². The average molecular weight is 278 g/mol. The van der Waals surface area contributed by atoms with E-state index in [4.69, 9.17) is 11.6 Å². The van der Waals surface area contributed by atoms with Crippen LogP contribution in [0.4, 0.5) is 4.39 Å². The molecule has 0 amide bonds. The van der Waals surface area contributed by atoms with E-state index in [0.717, 1.165) is 24.8 Å². The molecule has 2 atom stereocenters. The van der Waals surface area contributed by atoms with Crippen LogP contribution >= 0.6 is 27.5 Å². The van der Waals surface area contributed by atoms with Gasteiger partial charge in [0, 0.05) is 5.38 Å².